The quantitative estimate of drug-likeness (QED) is 0.475. The number of nitrogens with one attached hydrogen (secondary N) is 1. The van der Waals surface area contributed by atoms with Crippen LogP contribution >= 0.6 is 0 Å². The van der Waals surface area contributed by atoms with E-state index >= 15 is 0 Å². The molecule has 1 atom stereocenters. The Kier molecular flexibility index (Phi) is 9.55. The summed E-state index contributed by atoms with van der Waals surface area (Å²) in [4.78, 5) is 42.1. The molecule has 0 unspecified atom stereocenters. The molecule has 0 saturated heterocycles. The van der Waals surface area contributed by atoms with Crippen molar-refractivity contribution >= 4 is 29.4 Å². The lowest BCUT2D eigenvalue weighted by molar-refractivity contribution is -0.145. The van der Waals surface area contributed by atoms with Gasteiger partial charge in [-0.15, -0.1) is 0 Å². The summed E-state index contributed by atoms with van der Waals surface area (Å²) in [6, 6.07) is 0.931. The monoisotopic (exact) mass is 423 g/mol. The molecule has 0 aliphatic carbocycles. The normalized spacial score (nSPS) is 12.0. The summed E-state index contributed by atoms with van der Waals surface area (Å²) in [7, 11) is 1.58. The minimum atomic E-state index is -0.767. The third-order valence-corrected chi connectivity index (χ3v) is 3.97. The van der Waals surface area contributed by atoms with E-state index in [2.05, 4.69) is 10.3 Å². The topological polar surface area (TPSA) is 107 Å². The minimum Gasteiger partial charge on any atom is -0.466 e. The number of esters is 2. The predicted molar refractivity (Wildman–Crippen MR) is 114 cm³/mol. The van der Waals surface area contributed by atoms with E-state index in [0.717, 1.165) is 0 Å². The van der Waals surface area contributed by atoms with Gasteiger partial charge < -0.3 is 19.5 Å². The van der Waals surface area contributed by atoms with Crippen LogP contribution in [0.3, 0.4) is 0 Å². The average Bonchev–Trinajstić information content (AvgIpc) is 2.64. The zero-order valence-electron chi connectivity index (χ0n) is 18.9. The minimum absolute atomic E-state index is 0.0638. The SMILES string of the molecule is CCOC(=O)CC[C@H](Nc1cc(N(C)C(=O)OC(C)(C)C)cnc1C)C(=O)OCC. The van der Waals surface area contributed by atoms with Crippen LogP contribution in [0.25, 0.3) is 0 Å². The van der Waals surface area contributed by atoms with Gasteiger partial charge >= 0.3 is 18.0 Å². The molecule has 1 rings (SSSR count). The van der Waals surface area contributed by atoms with Crippen LogP contribution in [-0.4, -0.2) is 54.9 Å². The van der Waals surface area contributed by atoms with Crippen LogP contribution in [0.1, 0.15) is 53.2 Å². The van der Waals surface area contributed by atoms with Gasteiger partial charge in [-0.25, -0.2) is 9.59 Å². The van der Waals surface area contributed by atoms with Crippen molar-refractivity contribution in [3.05, 3.63) is 18.0 Å². The van der Waals surface area contributed by atoms with Crippen molar-refractivity contribution in [2.45, 2.75) is 66.0 Å². The number of carbonyl (C=O) groups excluding carboxylic acids is 3. The van der Waals surface area contributed by atoms with Crippen LogP contribution in [0.15, 0.2) is 12.3 Å². The van der Waals surface area contributed by atoms with Crippen molar-refractivity contribution in [3.63, 3.8) is 0 Å². The maximum absolute atomic E-state index is 12.4. The predicted octanol–water partition coefficient (Wildman–Crippen LogP) is 3.45. The third-order valence-electron chi connectivity index (χ3n) is 3.97. The third kappa shape index (κ3) is 8.26. The molecule has 0 fully saturated rings. The van der Waals surface area contributed by atoms with E-state index in [4.69, 9.17) is 14.2 Å². The molecule has 0 bridgehead atoms. The van der Waals surface area contributed by atoms with Gasteiger partial charge in [-0.2, -0.15) is 0 Å². The van der Waals surface area contributed by atoms with Crippen molar-refractivity contribution in [1.29, 1.82) is 0 Å². The number of hydrogen-bond donors (Lipinski definition) is 1. The first-order valence-electron chi connectivity index (χ1n) is 10.0. The summed E-state index contributed by atoms with van der Waals surface area (Å²) in [6.45, 7) is 11.1. The fourth-order valence-corrected chi connectivity index (χ4v) is 2.46. The zero-order chi connectivity index (χ0) is 22.9. The summed E-state index contributed by atoms with van der Waals surface area (Å²) >= 11 is 0. The molecule has 0 saturated carbocycles. The van der Waals surface area contributed by atoms with Crippen LogP contribution in [0, 0.1) is 6.92 Å². The molecular formula is C21H33N3O6. The first-order valence-corrected chi connectivity index (χ1v) is 10.0. The lowest BCUT2D eigenvalue weighted by Crippen LogP contribution is -2.35. The standard InChI is InChI=1S/C21H33N3O6/c1-8-28-18(25)11-10-16(19(26)29-9-2)23-17-12-15(13-22-14(17)3)24(7)20(27)30-21(4,5)6/h12-13,16,23H,8-11H2,1-7H3/t16-/m0/s1. The molecule has 30 heavy (non-hydrogen) atoms. The Morgan fingerprint density at radius 1 is 1.17 bits per heavy atom. The molecule has 9 nitrogen and oxygen atoms in total. The largest absolute Gasteiger partial charge is 0.466 e. The maximum atomic E-state index is 12.4. The molecule has 1 heterocycles. The number of carbonyl (C=O) groups is 3. The van der Waals surface area contributed by atoms with E-state index in [1.165, 1.54) is 4.90 Å². The maximum Gasteiger partial charge on any atom is 0.414 e. The first kappa shape index (κ1) is 25.2. The molecule has 0 radical (unpaired) electrons. The fourth-order valence-electron chi connectivity index (χ4n) is 2.46. The highest BCUT2D eigenvalue weighted by Gasteiger charge is 2.24. The lowest BCUT2D eigenvalue weighted by atomic mass is 10.1. The van der Waals surface area contributed by atoms with Gasteiger partial charge in [0.15, 0.2) is 0 Å². The van der Waals surface area contributed by atoms with Gasteiger partial charge in [-0.3, -0.25) is 14.7 Å². The van der Waals surface area contributed by atoms with E-state index in [9.17, 15) is 14.4 Å². The van der Waals surface area contributed by atoms with E-state index in [1.807, 2.05) is 0 Å². The number of aromatic nitrogens is 1. The van der Waals surface area contributed by atoms with E-state index in [1.54, 1.807) is 60.9 Å². The van der Waals surface area contributed by atoms with Gasteiger partial charge in [-0.1, -0.05) is 0 Å². The molecule has 1 aromatic rings. The van der Waals surface area contributed by atoms with Crippen molar-refractivity contribution < 1.29 is 28.6 Å². The molecule has 0 aliphatic heterocycles. The van der Waals surface area contributed by atoms with Crippen molar-refractivity contribution in [2.24, 2.45) is 0 Å². The highest BCUT2D eigenvalue weighted by atomic mass is 16.6. The number of aryl methyl sites for hydroxylation is 1. The number of hydrogen-bond acceptors (Lipinski definition) is 8. The van der Waals surface area contributed by atoms with Crippen LogP contribution < -0.4 is 10.2 Å². The van der Waals surface area contributed by atoms with Crippen molar-refractivity contribution in [3.8, 4) is 0 Å². The van der Waals surface area contributed by atoms with Crippen molar-refractivity contribution in [2.75, 3.05) is 30.5 Å². The fraction of sp³-hybridized carbons (Fsp3) is 0.619. The first-order chi connectivity index (χ1) is 14.0. The molecule has 9 heteroatoms. The summed E-state index contributed by atoms with van der Waals surface area (Å²) in [5.74, 6) is -0.867. The summed E-state index contributed by atoms with van der Waals surface area (Å²) in [5.41, 5.74) is 1.03. The second kappa shape index (κ2) is 11.4. The van der Waals surface area contributed by atoms with Crippen LogP contribution in [-0.2, 0) is 23.8 Å². The van der Waals surface area contributed by atoms with E-state index in [-0.39, 0.29) is 32.0 Å². The number of rotatable bonds is 9. The van der Waals surface area contributed by atoms with Gasteiger partial charge in [0.05, 0.1) is 36.5 Å². The van der Waals surface area contributed by atoms with Gasteiger partial charge in [0.1, 0.15) is 11.6 Å². The number of amides is 1. The summed E-state index contributed by atoms with van der Waals surface area (Å²) < 4.78 is 15.4. The second-order valence-corrected chi connectivity index (χ2v) is 7.66. The summed E-state index contributed by atoms with van der Waals surface area (Å²) in [6.07, 6.45) is 1.28. The Labute approximate surface area is 178 Å². The zero-order valence-corrected chi connectivity index (χ0v) is 18.9. The number of ether oxygens (including phenoxy) is 3. The van der Waals surface area contributed by atoms with Crippen LogP contribution in [0.5, 0.6) is 0 Å². The highest BCUT2D eigenvalue weighted by molar-refractivity contribution is 5.88. The van der Waals surface area contributed by atoms with Crippen LogP contribution in [0.2, 0.25) is 0 Å². The number of nitrogens with zero attached hydrogens (tertiary/aromatic N) is 2. The molecule has 1 aromatic heterocycles. The lowest BCUT2D eigenvalue weighted by Gasteiger charge is -2.25. The van der Waals surface area contributed by atoms with Gasteiger partial charge in [0, 0.05) is 13.5 Å². The molecular weight excluding hydrogens is 390 g/mol. The smallest absolute Gasteiger partial charge is 0.414 e. The molecule has 0 aliphatic rings. The Morgan fingerprint density at radius 3 is 2.37 bits per heavy atom. The van der Waals surface area contributed by atoms with Gasteiger partial charge in [-0.05, 0) is 54.0 Å². The van der Waals surface area contributed by atoms with E-state index < -0.39 is 23.7 Å². The summed E-state index contributed by atoms with van der Waals surface area (Å²) in [5, 5.41) is 3.09. The van der Waals surface area contributed by atoms with Gasteiger partial charge in [0.2, 0.25) is 0 Å². The van der Waals surface area contributed by atoms with Crippen molar-refractivity contribution in [1.82, 2.24) is 4.98 Å². The Bertz CT molecular complexity index is 745. The Morgan fingerprint density at radius 2 is 1.80 bits per heavy atom. The Hall–Kier alpha value is -2.84. The molecule has 0 spiro atoms. The second-order valence-electron chi connectivity index (χ2n) is 7.66. The number of pyridine rings is 1. The van der Waals surface area contributed by atoms with E-state index in [0.29, 0.717) is 17.1 Å². The average molecular weight is 424 g/mol. The Balaban J connectivity index is 3.02. The molecule has 1 N–H and O–H groups in total. The van der Waals surface area contributed by atoms with Gasteiger partial charge in [0.25, 0.3) is 0 Å². The molecule has 168 valence electrons. The molecule has 0 aromatic carbocycles. The number of anilines is 2. The molecule has 1 amide bonds. The highest BCUT2D eigenvalue weighted by Crippen LogP contribution is 2.23. The van der Waals surface area contributed by atoms with Crippen LogP contribution in [0.4, 0.5) is 16.2 Å².